The van der Waals surface area contributed by atoms with Crippen LogP contribution in [0, 0.1) is 20.8 Å². The molecule has 0 amide bonds. The minimum Gasteiger partial charge on any atom is -0.665 e. The van der Waals surface area contributed by atoms with Crippen molar-refractivity contribution >= 4 is 52.0 Å². The van der Waals surface area contributed by atoms with Crippen LogP contribution >= 0.6 is 30.8 Å². The molecule has 1 heterocycles. The van der Waals surface area contributed by atoms with E-state index in [2.05, 4.69) is 165 Å². The van der Waals surface area contributed by atoms with Crippen molar-refractivity contribution in [1.82, 2.24) is 4.98 Å². The summed E-state index contributed by atoms with van der Waals surface area (Å²) in [6, 6.07) is 51.2. The van der Waals surface area contributed by atoms with Crippen LogP contribution in [0.2, 0.25) is 0 Å². The Morgan fingerprint density at radius 3 is 1.13 bits per heavy atom. The van der Waals surface area contributed by atoms with Crippen molar-refractivity contribution in [3.05, 3.63) is 169 Å². The maximum absolute atomic E-state index is 10.8. The summed E-state index contributed by atoms with van der Waals surface area (Å²) in [6.45, 7) is 18.5. The predicted molar refractivity (Wildman–Crippen MR) is 233 cm³/mol. The second-order valence-corrected chi connectivity index (χ2v) is 19.7. The summed E-state index contributed by atoms with van der Waals surface area (Å²) in [7, 11) is -2.14. The van der Waals surface area contributed by atoms with Crippen LogP contribution < -0.4 is 26.2 Å². The average molecular weight is 842 g/mol. The molecule has 0 fully saturated rings. The number of nitrogens with zero attached hydrogens (tertiary/aromatic N) is 2. The fourth-order valence-corrected chi connectivity index (χ4v) is 11.0. The maximum Gasteiger partial charge on any atom is 0.144 e. The number of phenols is 1. The van der Waals surface area contributed by atoms with Gasteiger partial charge in [-0.2, -0.15) is 11.4 Å². The van der Waals surface area contributed by atoms with E-state index in [9.17, 15) is 5.11 Å². The molecule has 1 aromatic heterocycles. The molecule has 278 valence electrons. The maximum atomic E-state index is 10.8. The van der Waals surface area contributed by atoms with Gasteiger partial charge in [-0.05, 0) is 61.0 Å². The predicted octanol–water partition coefficient (Wildman–Crippen LogP) is 11.0. The van der Waals surface area contributed by atoms with E-state index in [0.717, 1.165) is 21.2 Å². The molecule has 6 aromatic rings. The monoisotopic (exact) mass is 843 g/mol. The van der Waals surface area contributed by atoms with E-state index in [-0.39, 0.29) is 11.0 Å². The van der Waals surface area contributed by atoms with Crippen molar-refractivity contribution in [3.63, 3.8) is 0 Å². The minimum absolute atomic E-state index is 0.0429. The minimum atomic E-state index is -2.14. The van der Waals surface area contributed by atoms with Gasteiger partial charge in [0.15, 0.2) is 0 Å². The van der Waals surface area contributed by atoms with Gasteiger partial charge in [-0.25, -0.2) is 0 Å². The van der Waals surface area contributed by atoms with Crippen LogP contribution in [0.25, 0.3) is 0 Å². The van der Waals surface area contributed by atoms with Crippen LogP contribution in [-0.2, 0) is 25.0 Å². The van der Waals surface area contributed by atoms with Gasteiger partial charge >= 0.3 is 49.4 Å². The normalized spacial score (nSPS) is 11.1. The van der Waals surface area contributed by atoms with E-state index < -0.39 is 7.26 Å². The van der Waals surface area contributed by atoms with Gasteiger partial charge in [0.1, 0.15) is 34.2 Å². The summed E-state index contributed by atoms with van der Waals surface area (Å²) >= 11 is 4.96. The molecule has 3 nitrogen and oxygen atoms in total. The number of rotatable bonds is 7. The standard InChI is InChI=1S/C26H23OPS2.C10H13.C6H8N.C4H9N.Mo/c1-29-24-18-23(19-25(30-2)26(24)27)28(20-12-6-3-7-13-20,21-14-8-4-9-15-21)22-16-10-5-11-17-22;1-10(2,3)9-7-5-4-6-8-9;1-5-3-4-6(2)7-5;1-4(2,3)5;/h3-19H,1-2H3;4-8H,1H2,2-3H3;3-4H,1-2H3;1-3H3;/q;2*-1;;/p+1. The third kappa shape index (κ3) is 13.0. The van der Waals surface area contributed by atoms with Gasteiger partial charge in [0.25, 0.3) is 0 Å². The number of benzene rings is 5. The summed E-state index contributed by atoms with van der Waals surface area (Å²) in [4.78, 5) is 5.95. The van der Waals surface area contributed by atoms with Crippen LogP contribution in [0.15, 0.2) is 159 Å². The summed E-state index contributed by atoms with van der Waals surface area (Å²) in [6.07, 6.45) is 4.05. The molecule has 5 aromatic carbocycles. The first kappa shape index (κ1) is 44.2. The SMILES string of the molecule is CC(C)(C)[N]=[Mo].CSc1cc([P+](c2ccccc2)(c2ccccc2)c2ccccc2)cc(SC)c1O.Cc1ccc(C)[n-]1.[CH2-]C(C)(C)c1ccccc1. The zero-order chi connectivity index (χ0) is 39.1. The Morgan fingerprint density at radius 1 is 0.585 bits per heavy atom. The Morgan fingerprint density at radius 2 is 0.906 bits per heavy atom. The van der Waals surface area contributed by atoms with Gasteiger partial charge in [-0.15, -0.1) is 28.9 Å². The molecule has 7 heteroatoms. The average Bonchev–Trinajstić information content (AvgIpc) is 3.56. The first-order chi connectivity index (χ1) is 25.2. The van der Waals surface area contributed by atoms with Gasteiger partial charge in [0, 0.05) is 0 Å². The third-order valence-corrected chi connectivity index (χ3v) is 15.1. The number of thioether (sulfide) groups is 2. The van der Waals surface area contributed by atoms with Crippen molar-refractivity contribution in [3.8, 4) is 5.75 Å². The molecular formula is C46H54MoN2OPS2-. The molecular weight excluding hydrogens is 788 g/mol. The summed E-state index contributed by atoms with van der Waals surface area (Å²) in [5.41, 5.74) is 3.72. The molecule has 0 saturated heterocycles. The smallest absolute Gasteiger partial charge is 0.144 e. The largest absolute Gasteiger partial charge is 0.665 e. The van der Waals surface area contributed by atoms with Crippen molar-refractivity contribution in [2.24, 2.45) is 3.50 Å². The summed E-state index contributed by atoms with van der Waals surface area (Å²) in [5, 5.41) is 16.0. The number of aryl methyl sites for hydroxylation is 2. The number of phenolic OH excluding ortho intramolecular Hbond substituents is 1. The Kier molecular flexibility index (Phi) is 17.5. The fourth-order valence-electron chi connectivity index (χ4n) is 5.41. The number of aromatic hydroxyl groups is 1. The Balaban J connectivity index is 0.000000265. The number of hydrogen-bond acceptors (Lipinski definition) is 4. The molecule has 0 spiro atoms. The molecule has 0 radical (unpaired) electrons. The van der Waals surface area contributed by atoms with E-state index in [1.165, 1.54) is 26.8 Å². The molecule has 0 saturated carbocycles. The Bertz CT molecular complexity index is 1820. The molecule has 0 aliphatic rings. The van der Waals surface area contributed by atoms with Crippen LogP contribution in [0.3, 0.4) is 0 Å². The topological polar surface area (TPSA) is 46.7 Å². The van der Waals surface area contributed by atoms with Crippen molar-refractivity contribution in [1.29, 1.82) is 0 Å². The van der Waals surface area contributed by atoms with E-state index in [0.29, 0.717) is 5.75 Å². The Labute approximate surface area is 340 Å². The molecule has 0 aliphatic heterocycles. The van der Waals surface area contributed by atoms with Crippen molar-refractivity contribution < 1.29 is 24.7 Å². The molecule has 6 rings (SSSR count). The fraction of sp³-hybridized carbons (Fsp3) is 0.239. The van der Waals surface area contributed by atoms with Crippen LogP contribution in [-0.4, -0.2) is 23.2 Å². The van der Waals surface area contributed by atoms with Gasteiger partial charge in [-0.3, -0.25) is 0 Å². The zero-order valence-electron chi connectivity index (χ0n) is 32.6. The summed E-state index contributed by atoms with van der Waals surface area (Å²) in [5.74, 6) is 0.381. The van der Waals surface area contributed by atoms with Gasteiger partial charge < -0.3 is 17.0 Å². The van der Waals surface area contributed by atoms with Crippen molar-refractivity contribution in [2.45, 2.75) is 69.2 Å². The molecule has 0 unspecified atom stereocenters. The molecule has 0 atom stereocenters. The second kappa shape index (κ2) is 21.0. The first-order valence-corrected chi connectivity index (χ1v) is 22.6. The quantitative estimate of drug-likeness (QED) is 0.0753. The van der Waals surface area contributed by atoms with Gasteiger partial charge in [0.2, 0.25) is 0 Å². The first-order valence-electron chi connectivity index (χ1n) is 17.5. The van der Waals surface area contributed by atoms with E-state index in [1.807, 2.05) is 56.7 Å². The second-order valence-electron chi connectivity index (χ2n) is 14.1. The van der Waals surface area contributed by atoms with E-state index >= 15 is 0 Å². The summed E-state index contributed by atoms with van der Waals surface area (Å²) < 4.78 is 4.03. The van der Waals surface area contributed by atoms with Crippen LogP contribution in [0.4, 0.5) is 0 Å². The van der Waals surface area contributed by atoms with E-state index in [4.69, 9.17) is 0 Å². The van der Waals surface area contributed by atoms with Gasteiger partial charge in [-0.1, -0.05) is 130 Å². The number of hydrogen-bond donors (Lipinski definition) is 1. The molecule has 53 heavy (non-hydrogen) atoms. The van der Waals surface area contributed by atoms with Crippen LogP contribution in [0.1, 0.15) is 51.6 Å². The molecule has 1 N–H and O–H groups in total. The third-order valence-electron chi connectivity index (χ3n) is 8.03. The van der Waals surface area contributed by atoms with Gasteiger partial charge in [0.05, 0.1) is 9.79 Å². The zero-order valence-corrected chi connectivity index (χ0v) is 37.1. The van der Waals surface area contributed by atoms with Crippen LogP contribution in [0.5, 0.6) is 5.75 Å². The van der Waals surface area contributed by atoms with Crippen molar-refractivity contribution in [2.75, 3.05) is 12.5 Å². The van der Waals surface area contributed by atoms with E-state index in [1.54, 1.807) is 43.2 Å². The molecule has 0 aliphatic carbocycles. The Hall–Kier alpha value is -3.20. The molecule has 0 bridgehead atoms. The number of aromatic nitrogens is 1.